The Morgan fingerprint density at radius 3 is 2.52 bits per heavy atom. The number of hydrogen-bond donors (Lipinski definition) is 1. The molecule has 1 heterocycles. The fourth-order valence-electron chi connectivity index (χ4n) is 2.62. The monoisotopic (exact) mass is 291 g/mol. The minimum atomic E-state index is -0.744. The number of nitrogens with two attached hydrogens (primary N) is 1. The molecule has 0 spiro atoms. The first kappa shape index (κ1) is 15.5. The molecular weight excluding hydrogens is 270 g/mol. The van der Waals surface area contributed by atoms with E-state index in [-0.39, 0.29) is 17.8 Å². The number of carbonyl (C=O) groups is 2. The third-order valence-electron chi connectivity index (χ3n) is 4.10. The molecule has 2 atom stereocenters. The Hall–Kier alpha value is -1.88. The molecule has 5 nitrogen and oxygen atoms in total. The predicted molar refractivity (Wildman–Crippen MR) is 77.8 cm³/mol. The van der Waals surface area contributed by atoms with Gasteiger partial charge in [0.15, 0.2) is 0 Å². The van der Waals surface area contributed by atoms with E-state index in [1.807, 2.05) is 24.3 Å². The van der Waals surface area contributed by atoms with Crippen LogP contribution in [0.4, 0.5) is 0 Å². The number of benzene rings is 1. The van der Waals surface area contributed by atoms with Crippen LogP contribution in [-0.2, 0) is 24.5 Å². The van der Waals surface area contributed by atoms with Gasteiger partial charge in [0, 0.05) is 6.61 Å². The Labute approximate surface area is 124 Å². The molecule has 0 aromatic heterocycles. The van der Waals surface area contributed by atoms with E-state index in [0.29, 0.717) is 26.2 Å². The Kier molecular flexibility index (Phi) is 4.63. The summed E-state index contributed by atoms with van der Waals surface area (Å²) < 4.78 is 10.4. The summed E-state index contributed by atoms with van der Waals surface area (Å²) in [7, 11) is 0. The average molecular weight is 291 g/mol. The van der Waals surface area contributed by atoms with Crippen molar-refractivity contribution in [2.45, 2.75) is 31.6 Å². The van der Waals surface area contributed by atoms with Crippen LogP contribution >= 0.6 is 0 Å². The molecule has 5 heteroatoms. The third-order valence-corrected chi connectivity index (χ3v) is 4.10. The summed E-state index contributed by atoms with van der Waals surface area (Å²) in [5, 5.41) is 0. The molecule has 0 saturated carbocycles. The quantitative estimate of drug-likeness (QED) is 0.834. The van der Waals surface area contributed by atoms with Gasteiger partial charge in [-0.3, -0.25) is 9.59 Å². The van der Waals surface area contributed by atoms with Gasteiger partial charge in [0.1, 0.15) is 0 Å². The molecule has 0 radical (unpaired) electrons. The number of amides is 1. The van der Waals surface area contributed by atoms with Crippen LogP contribution in [0.2, 0.25) is 0 Å². The second-order valence-electron chi connectivity index (χ2n) is 5.34. The second kappa shape index (κ2) is 6.26. The molecule has 1 aromatic rings. The molecule has 1 fully saturated rings. The number of rotatable bonds is 5. The molecule has 1 aliphatic heterocycles. The van der Waals surface area contributed by atoms with Crippen molar-refractivity contribution in [1.29, 1.82) is 0 Å². The summed E-state index contributed by atoms with van der Waals surface area (Å²) in [6.45, 7) is 4.79. The Balaban J connectivity index is 2.22. The number of esters is 1. The Bertz CT molecular complexity index is 518. The first-order valence-electron chi connectivity index (χ1n) is 7.16. The summed E-state index contributed by atoms with van der Waals surface area (Å²) in [4.78, 5) is 23.5. The molecule has 0 aliphatic carbocycles. The largest absolute Gasteiger partial charge is 0.466 e. The van der Waals surface area contributed by atoms with Crippen LogP contribution in [0.3, 0.4) is 0 Å². The minimum Gasteiger partial charge on any atom is -0.466 e. The van der Waals surface area contributed by atoms with Crippen LogP contribution in [0, 0.1) is 0 Å². The molecule has 21 heavy (non-hydrogen) atoms. The van der Waals surface area contributed by atoms with Crippen molar-refractivity contribution in [3.8, 4) is 0 Å². The maximum atomic E-state index is 11.8. The summed E-state index contributed by atoms with van der Waals surface area (Å²) in [6, 6.07) is 7.40. The molecule has 0 bridgehead atoms. The van der Waals surface area contributed by atoms with Crippen LogP contribution in [-0.4, -0.2) is 31.7 Å². The highest BCUT2D eigenvalue weighted by Gasteiger charge is 2.42. The first-order valence-corrected chi connectivity index (χ1v) is 7.16. The maximum Gasteiger partial charge on any atom is 0.313 e. The van der Waals surface area contributed by atoms with E-state index in [2.05, 4.69) is 0 Å². The van der Waals surface area contributed by atoms with Crippen LogP contribution in [0.1, 0.15) is 37.3 Å². The molecular formula is C16H21NO4. The lowest BCUT2D eigenvalue weighted by Gasteiger charge is -2.24. The van der Waals surface area contributed by atoms with Gasteiger partial charge in [-0.1, -0.05) is 24.3 Å². The predicted octanol–water partition coefficient (Wildman–Crippen LogP) is 1.50. The van der Waals surface area contributed by atoms with Gasteiger partial charge in [0.25, 0.3) is 0 Å². The van der Waals surface area contributed by atoms with Gasteiger partial charge in [-0.05, 0) is 31.4 Å². The van der Waals surface area contributed by atoms with Crippen molar-refractivity contribution >= 4 is 11.9 Å². The molecule has 2 unspecified atom stereocenters. The molecule has 2 rings (SSSR count). The van der Waals surface area contributed by atoms with E-state index in [1.54, 1.807) is 13.8 Å². The zero-order valence-corrected chi connectivity index (χ0v) is 12.4. The third kappa shape index (κ3) is 2.93. The highest BCUT2D eigenvalue weighted by atomic mass is 16.5. The van der Waals surface area contributed by atoms with Crippen molar-refractivity contribution in [2.24, 2.45) is 5.73 Å². The van der Waals surface area contributed by atoms with E-state index in [4.69, 9.17) is 15.2 Å². The number of hydrogen-bond acceptors (Lipinski definition) is 4. The molecule has 1 amide bonds. The summed E-state index contributed by atoms with van der Waals surface area (Å²) in [5.74, 6) is -0.950. The fraction of sp³-hybridized carbons (Fsp3) is 0.500. The standard InChI is InChI=1S/C16H21NO4/c1-3-21-14(18)11(2)12-4-6-13(7-5-12)16(15(17)19)8-9-20-10-16/h4-7,11H,3,8-10H2,1-2H3,(H2,17,19). The average Bonchev–Trinajstić information content (AvgIpc) is 2.98. The summed E-state index contributed by atoms with van der Waals surface area (Å²) in [5.41, 5.74) is 6.51. The fourth-order valence-corrected chi connectivity index (χ4v) is 2.62. The lowest BCUT2D eigenvalue weighted by atomic mass is 9.78. The van der Waals surface area contributed by atoms with Crippen molar-refractivity contribution in [1.82, 2.24) is 0 Å². The Morgan fingerprint density at radius 2 is 2.05 bits per heavy atom. The second-order valence-corrected chi connectivity index (χ2v) is 5.34. The SMILES string of the molecule is CCOC(=O)C(C)c1ccc(C2(C(N)=O)CCOC2)cc1. The lowest BCUT2D eigenvalue weighted by molar-refractivity contribution is -0.144. The highest BCUT2D eigenvalue weighted by Crippen LogP contribution is 2.33. The number of ether oxygens (including phenoxy) is 2. The number of carbonyl (C=O) groups excluding carboxylic acids is 2. The topological polar surface area (TPSA) is 78.6 Å². The van der Waals surface area contributed by atoms with Gasteiger partial charge in [0.2, 0.25) is 5.91 Å². The van der Waals surface area contributed by atoms with Gasteiger partial charge >= 0.3 is 5.97 Å². The highest BCUT2D eigenvalue weighted by molar-refractivity contribution is 5.87. The minimum absolute atomic E-state index is 0.251. The van der Waals surface area contributed by atoms with Crippen molar-refractivity contribution < 1.29 is 19.1 Å². The molecule has 2 N–H and O–H groups in total. The molecule has 1 aromatic carbocycles. The van der Waals surface area contributed by atoms with Gasteiger partial charge in [-0.2, -0.15) is 0 Å². The normalized spacial score (nSPS) is 22.8. The Morgan fingerprint density at radius 1 is 1.38 bits per heavy atom. The van der Waals surface area contributed by atoms with Crippen molar-refractivity contribution in [2.75, 3.05) is 19.8 Å². The number of primary amides is 1. The maximum absolute atomic E-state index is 11.8. The smallest absolute Gasteiger partial charge is 0.313 e. The van der Waals surface area contributed by atoms with Crippen LogP contribution in [0.5, 0.6) is 0 Å². The molecule has 114 valence electrons. The van der Waals surface area contributed by atoms with E-state index >= 15 is 0 Å². The van der Waals surface area contributed by atoms with E-state index in [0.717, 1.165) is 11.1 Å². The van der Waals surface area contributed by atoms with E-state index < -0.39 is 5.41 Å². The van der Waals surface area contributed by atoms with Gasteiger partial charge in [-0.15, -0.1) is 0 Å². The van der Waals surface area contributed by atoms with Gasteiger partial charge < -0.3 is 15.2 Å². The van der Waals surface area contributed by atoms with Crippen LogP contribution < -0.4 is 5.73 Å². The van der Waals surface area contributed by atoms with Crippen molar-refractivity contribution in [3.63, 3.8) is 0 Å². The summed E-state index contributed by atoms with van der Waals surface area (Å²) >= 11 is 0. The van der Waals surface area contributed by atoms with E-state index in [9.17, 15) is 9.59 Å². The molecule has 1 saturated heterocycles. The molecule has 1 aliphatic rings. The first-order chi connectivity index (χ1) is 10.0. The van der Waals surface area contributed by atoms with Gasteiger partial charge in [0.05, 0.1) is 24.5 Å². The van der Waals surface area contributed by atoms with Gasteiger partial charge in [-0.25, -0.2) is 0 Å². The lowest BCUT2D eigenvalue weighted by Crippen LogP contribution is -2.41. The summed E-state index contributed by atoms with van der Waals surface area (Å²) in [6.07, 6.45) is 0.592. The van der Waals surface area contributed by atoms with Crippen molar-refractivity contribution in [3.05, 3.63) is 35.4 Å². The van der Waals surface area contributed by atoms with Crippen LogP contribution in [0.25, 0.3) is 0 Å². The van der Waals surface area contributed by atoms with Crippen LogP contribution in [0.15, 0.2) is 24.3 Å². The zero-order valence-electron chi connectivity index (χ0n) is 12.4. The zero-order chi connectivity index (χ0) is 15.5. The van der Waals surface area contributed by atoms with E-state index in [1.165, 1.54) is 0 Å².